The lowest BCUT2D eigenvalue weighted by atomic mass is 9.62. The summed E-state index contributed by atoms with van der Waals surface area (Å²) in [7, 11) is 0. The van der Waals surface area contributed by atoms with Crippen LogP contribution in [0, 0.1) is 11.8 Å². The molecule has 4 nitrogen and oxygen atoms in total. The number of carbonyl (C=O) groups is 2. The minimum atomic E-state index is -0.478. The van der Waals surface area contributed by atoms with E-state index in [2.05, 4.69) is 79.5 Å². The molecule has 0 spiro atoms. The summed E-state index contributed by atoms with van der Waals surface area (Å²) in [5.74, 6) is -1.39. The van der Waals surface area contributed by atoms with Crippen molar-refractivity contribution in [2.75, 3.05) is 0 Å². The molecule has 1 saturated carbocycles. The van der Waals surface area contributed by atoms with Gasteiger partial charge in [-0.2, -0.15) is 0 Å². The number of carbonyl (C=O) groups excluding carboxylic acids is 2. The number of rotatable bonds is 3. The maximum atomic E-state index is 14.0. The SMILES string of the molecule is CC1C(c2ccccc2)C(=O)C(=O)C(c2ccc3ccc4c(-c5nc6cc7scnc7cc6s5)ccc5ccc2c3c54)C1C. The molecule has 8 aromatic rings. The minimum absolute atomic E-state index is 0.00584. The van der Waals surface area contributed by atoms with E-state index in [9.17, 15) is 9.59 Å². The van der Waals surface area contributed by atoms with Gasteiger partial charge < -0.3 is 0 Å². The zero-order chi connectivity index (χ0) is 29.7. The maximum Gasteiger partial charge on any atom is 0.206 e. The van der Waals surface area contributed by atoms with Crippen molar-refractivity contribution in [3.63, 3.8) is 0 Å². The summed E-state index contributed by atoms with van der Waals surface area (Å²) in [6.45, 7) is 4.26. The van der Waals surface area contributed by atoms with Crippen molar-refractivity contribution >= 4 is 87.0 Å². The molecule has 6 heteroatoms. The van der Waals surface area contributed by atoms with Crippen LogP contribution in [0.3, 0.4) is 0 Å². The number of benzene rings is 6. The number of thiazole rings is 2. The van der Waals surface area contributed by atoms with Crippen LogP contribution in [-0.4, -0.2) is 21.5 Å². The van der Waals surface area contributed by atoms with Crippen molar-refractivity contribution in [1.82, 2.24) is 9.97 Å². The van der Waals surface area contributed by atoms with Crippen LogP contribution in [0.4, 0.5) is 0 Å². The van der Waals surface area contributed by atoms with Crippen molar-refractivity contribution in [3.8, 4) is 10.6 Å². The summed E-state index contributed by atoms with van der Waals surface area (Å²) in [5, 5.41) is 7.80. The maximum absolute atomic E-state index is 14.0. The third-order valence-corrected chi connectivity index (χ3v) is 11.8. The first kappa shape index (κ1) is 25.9. The van der Waals surface area contributed by atoms with Crippen LogP contribution in [0.15, 0.2) is 96.5 Å². The van der Waals surface area contributed by atoms with Crippen molar-refractivity contribution in [3.05, 3.63) is 108 Å². The summed E-state index contributed by atoms with van der Waals surface area (Å²) < 4.78 is 2.27. The fraction of sp³-hybridized carbons (Fsp3) is 0.158. The zero-order valence-corrected chi connectivity index (χ0v) is 25.7. The topological polar surface area (TPSA) is 59.9 Å². The first-order chi connectivity index (χ1) is 21.5. The Morgan fingerprint density at radius 2 is 1.32 bits per heavy atom. The van der Waals surface area contributed by atoms with Gasteiger partial charge in [-0.25, -0.2) is 9.97 Å². The fourth-order valence-corrected chi connectivity index (χ4v) is 9.32. The quantitative estimate of drug-likeness (QED) is 0.148. The van der Waals surface area contributed by atoms with Crippen LogP contribution < -0.4 is 0 Å². The Bertz CT molecular complexity index is 2390. The number of aromatic nitrogens is 2. The molecule has 0 saturated heterocycles. The van der Waals surface area contributed by atoms with Gasteiger partial charge in [0.05, 0.1) is 37.8 Å². The summed E-state index contributed by atoms with van der Waals surface area (Å²) in [5.41, 5.74) is 6.87. The highest BCUT2D eigenvalue weighted by molar-refractivity contribution is 7.22. The van der Waals surface area contributed by atoms with E-state index in [1.165, 1.54) is 5.39 Å². The Morgan fingerprint density at radius 1 is 0.659 bits per heavy atom. The van der Waals surface area contributed by atoms with Crippen molar-refractivity contribution in [2.45, 2.75) is 25.7 Å². The van der Waals surface area contributed by atoms with Gasteiger partial charge in [-0.1, -0.05) is 92.7 Å². The van der Waals surface area contributed by atoms with E-state index in [-0.39, 0.29) is 23.4 Å². The Balaban J connectivity index is 1.22. The molecule has 4 unspecified atom stereocenters. The molecule has 0 N–H and O–H groups in total. The Hall–Kier alpha value is -4.52. The summed E-state index contributed by atoms with van der Waals surface area (Å²) in [6.07, 6.45) is 0. The van der Waals surface area contributed by atoms with Gasteiger partial charge in [-0.15, -0.1) is 22.7 Å². The van der Waals surface area contributed by atoms with E-state index in [4.69, 9.17) is 4.98 Å². The highest BCUT2D eigenvalue weighted by atomic mass is 32.1. The second-order valence-electron chi connectivity index (χ2n) is 12.2. The van der Waals surface area contributed by atoms with Crippen molar-refractivity contribution in [1.29, 1.82) is 0 Å². The molecule has 0 amide bonds. The van der Waals surface area contributed by atoms with Gasteiger partial charge >= 0.3 is 0 Å². The van der Waals surface area contributed by atoms with Crippen LogP contribution in [-0.2, 0) is 9.59 Å². The predicted molar refractivity (Wildman–Crippen MR) is 182 cm³/mol. The Labute approximate surface area is 261 Å². The number of Topliss-reactive ketones (excluding diaryl/α,β-unsaturated/α-hetero) is 2. The first-order valence-electron chi connectivity index (χ1n) is 15.0. The second-order valence-corrected chi connectivity index (χ2v) is 14.1. The van der Waals surface area contributed by atoms with Crippen molar-refractivity contribution < 1.29 is 9.59 Å². The number of hydrogen-bond acceptors (Lipinski definition) is 6. The van der Waals surface area contributed by atoms with Gasteiger partial charge in [0, 0.05) is 5.56 Å². The molecule has 0 bridgehead atoms. The second kappa shape index (κ2) is 9.49. The van der Waals surface area contributed by atoms with Gasteiger partial charge in [0.15, 0.2) is 0 Å². The van der Waals surface area contributed by atoms with Gasteiger partial charge in [0.1, 0.15) is 5.01 Å². The lowest BCUT2D eigenvalue weighted by Gasteiger charge is -2.38. The normalized spacial score (nSPS) is 21.0. The average Bonchev–Trinajstić information content (AvgIpc) is 3.68. The number of ketones is 2. The van der Waals surface area contributed by atoms with Crippen LogP contribution in [0.5, 0.6) is 0 Å². The molecule has 6 aromatic carbocycles. The van der Waals surface area contributed by atoms with E-state index in [0.29, 0.717) is 0 Å². The predicted octanol–water partition coefficient (Wildman–Crippen LogP) is 9.76. The van der Waals surface area contributed by atoms with E-state index >= 15 is 0 Å². The molecule has 1 aliphatic carbocycles. The molecule has 44 heavy (non-hydrogen) atoms. The van der Waals surface area contributed by atoms with Gasteiger partial charge in [0.25, 0.3) is 0 Å². The molecule has 9 rings (SSSR count). The standard InChI is InChI=1S/C38H26N2O2S2/c1-19-20(2)33(37(42)36(41)32(19)21-6-4-3-5-7-21)24-12-8-22-10-14-26-27(15-11-23-9-13-25(24)34(22)35(23)26)38-40-29-17-30-28(39-18-43-30)16-31(29)44-38/h3-20,32-33H,1-2H3. The van der Waals surface area contributed by atoms with E-state index in [0.717, 1.165) is 69.1 Å². The third kappa shape index (κ3) is 3.61. The minimum Gasteiger partial charge on any atom is -0.290 e. The summed E-state index contributed by atoms with van der Waals surface area (Å²) in [4.78, 5) is 37.2. The third-order valence-electron chi connectivity index (χ3n) is 9.95. The first-order valence-corrected chi connectivity index (χ1v) is 16.6. The monoisotopic (exact) mass is 606 g/mol. The van der Waals surface area contributed by atoms with Gasteiger partial charge in [-0.3, -0.25) is 9.59 Å². The molecule has 1 aliphatic rings. The van der Waals surface area contributed by atoms with Crippen LogP contribution >= 0.6 is 22.7 Å². The van der Waals surface area contributed by atoms with Crippen LogP contribution in [0.1, 0.15) is 36.8 Å². The van der Waals surface area contributed by atoms with Crippen LogP contribution in [0.25, 0.3) is 63.3 Å². The Morgan fingerprint density at radius 3 is 2.14 bits per heavy atom. The number of nitrogens with zero attached hydrogens (tertiary/aromatic N) is 2. The lowest BCUT2D eigenvalue weighted by molar-refractivity contribution is -0.143. The molecule has 2 heterocycles. The molecule has 4 atom stereocenters. The smallest absolute Gasteiger partial charge is 0.206 e. The largest absolute Gasteiger partial charge is 0.290 e. The molecule has 0 radical (unpaired) electrons. The van der Waals surface area contributed by atoms with Gasteiger partial charge in [-0.05, 0) is 67.4 Å². The highest BCUT2D eigenvalue weighted by Crippen LogP contribution is 2.48. The molecular weight excluding hydrogens is 581 g/mol. The number of fused-ring (bicyclic) bond motifs is 2. The van der Waals surface area contributed by atoms with E-state index in [1.807, 2.05) is 35.8 Å². The fourth-order valence-electron chi connectivity index (χ4n) is 7.61. The van der Waals surface area contributed by atoms with Gasteiger partial charge in [0.2, 0.25) is 11.6 Å². The molecule has 1 fully saturated rings. The Kier molecular flexibility index (Phi) is 5.59. The molecule has 0 aliphatic heterocycles. The van der Waals surface area contributed by atoms with E-state index in [1.54, 1.807) is 22.7 Å². The summed E-state index contributed by atoms with van der Waals surface area (Å²) >= 11 is 3.33. The molecular formula is C38H26N2O2S2. The molecule has 2 aromatic heterocycles. The van der Waals surface area contributed by atoms with Crippen LogP contribution in [0.2, 0.25) is 0 Å². The molecule has 212 valence electrons. The average molecular weight is 607 g/mol. The number of hydrogen-bond donors (Lipinski definition) is 0. The highest BCUT2D eigenvalue weighted by Gasteiger charge is 2.47. The summed E-state index contributed by atoms with van der Waals surface area (Å²) in [6, 6.07) is 31.3. The van der Waals surface area contributed by atoms with E-state index < -0.39 is 11.8 Å². The lowest BCUT2D eigenvalue weighted by Crippen LogP contribution is -2.43. The zero-order valence-electron chi connectivity index (χ0n) is 24.1. The van der Waals surface area contributed by atoms with Crippen molar-refractivity contribution in [2.24, 2.45) is 11.8 Å².